The highest BCUT2D eigenvalue weighted by molar-refractivity contribution is 5.79. The fourth-order valence-electron chi connectivity index (χ4n) is 3.48. The van der Waals surface area contributed by atoms with Crippen LogP contribution in [0.4, 0.5) is 0 Å². The Morgan fingerprint density at radius 1 is 1.00 bits per heavy atom. The van der Waals surface area contributed by atoms with Crippen molar-refractivity contribution in [3.63, 3.8) is 0 Å². The monoisotopic (exact) mass is 207 g/mol. The van der Waals surface area contributed by atoms with Crippen molar-refractivity contribution >= 4 is 5.91 Å². The molecule has 2 aliphatic carbocycles. The molecule has 0 aromatic heterocycles. The topological polar surface area (TPSA) is 20.3 Å². The van der Waals surface area contributed by atoms with Gasteiger partial charge in [-0.15, -0.1) is 0 Å². The second kappa shape index (κ2) is 3.23. The zero-order valence-electron chi connectivity index (χ0n) is 9.78. The van der Waals surface area contributed by atoms with Crippen molar-refractivity contribution in [1.82, 2.24) is 4.90 Å². The van der Waals surface area contributed by atoms with Crippen LogP contribution < -0.4 is 0 Å². The van der Waals surface area contributed by atoms with E-state index in [4.69, 9.17) is 0 Å². The van der Waals surface area contributed by atoms with Crippen LogP contribution >= 0.6 is 0 Å². The Bertz CT molecular complexity index is 268. The maximum Gasteiger partial charge on any atom is 0.225 e. The van der Waals surface area contributed by atoms with Crippen molar-refractivity contribution < 1.29 is 4.79 Å². The van der Waals surface area contributed by atoms with Gasteiger partial charge in [-0.2, -0.15) is 0 Å². The van der Waals surface area contributed by atoms with Gasteiger partial charge in [-0.05, 0) is 42.9 Å². The lowest BCUT2D eigenvalue weighted by Gasteiger charge is -2.21. The molecule has 84 valence electrons. The Labute approximate surface area is 92.0 Å². The Morgan fingerprint density at radius 3 is 2.07 bits per heavy atom. The third kappa shape index (κ3) is 1.58. The van der Waals surface area contributed by atoms with Crippen LogP contribution in [0.15, 0.2) is 0 Å². The molecular formula is C13H21NO. The van der Waals surface area contributed by atoms with Gasteiger partial charge in [-0.3, -0.25) is 4.79 Å². The molecule has 3 rings (SSSR count). The zero-order chi connectivity index (χ0) is 10.6. The predicted octanol–water partition coefficient (Wildman–Crippen LogP) is 2.15. The summed E-state index contributed by atoms with van der Waals surface area (Å²) < 4.78 is 0. The van der Waals surface area contributed by atoms with Crippen LogP contribution in [-0.4, -0.2) is 23.9 Å². The fourth-order valence-corrected chi connectivity index (χ4v) is 3.48. The lowest BCUT2D eigenvalue weighted by atomic mass is 10.0. The van der Waals surface area contributed by atoms with E-state index in [1.165, 1.54) is 19.3 Å². The molecule has 0 aromatic rings. The van der Waals surface area contributed by atoms with Crippen LogP contribution in [0.3, 0.4) is 0 Å². The fraction of sp³-hybridized carbons (Fsp3) is 0.923. The SMILES string of the molecule is CC1CN(C(=O)C2CC3CC3C2)CC1C. The molecule has 4 unspecified atom stereocenters. The zero-order valence-corrected chi connectivity index (χ0v) is 9.78. The molecule has 3 fully saturated rings. The number of nitrogens with zero attached hydrogens (tertiary/aromatic N) is 1. The molecule has 1 aliphatic heterocycles. The number of carbonyl (C=O) groups is 1. The first kappa shape index (κ1) is 9.68. The van der Waals surface area contributed by atoms with Gasteiger partial charge < -0.3 is 4.90 Å². The third-order valence-corrected chi connectivity index (χ3v) is 4.89. The Balaban J connectivity index is 1.60. The van der Waals surface area contributed by atoms with Crippen LogP contribution in [0.5, 0.6) is 0 Å². The minimum Gasteiger partial charge on any atom is -0.342 e. The van der Waals surface area contributed by atoms with Crippen LogP contribution in [0, 0.1) is 29.6 Å². The first-order valence-electron chi connectivity index (χ1n) is 6.44. The van der Waals surface area contributed by atoms with Gasteiger partial charge in [0.25, 0.3) is 0 Å². The summed E-state index contributed by atoms with van der Waals surface area (Å²) in [6.45, 7) is 6.55. The first-order valence-corrected chi connectivity index (χ1v) is 6.44. The maximum absolute atomic E-state index is 12.2. The summed E-state index contributed by atoms with van der Waals surface area (Å²) in [5.41, 5.74) is 0. The van der Waals surface area contributed by atoms with E-state index in [2.05, 4.69) is 18.7 Å². The average Bonchev–Trinajstić information content (AvgIpc) is 2.66. The van der Waals surface area contributed by atoms with Gasteiger partial charge in [0, 0.05) is 19.0 Å². The summed E-state index contributed by atoms with van der Waals surface area (Å²) in [4.78, 5) is 14.4. The van der Waals surface area contributed by atoms with Gasteiger partial charge in [0.15, 0.2) is 0 Å². The Hall–Kier alpha value is -0.530. The van der Waals surface area contributed by atoms with Gasteiger partial charge in [0.05, 0.1) is 0 Å². The highest BCUT2D eigenvalue weighted by Crippen LogP contribution is 2.54. The standard InChI is InChI=1S/C13H21NO/c1-8-6-14(7-9(8)2)13(15)12-4-10-3-11(10)5-12/h8-12H,3-7H2,1-2H3. The van der Waals surface area contributed by atoms with Gasteiger partial charge in [0.2, 0.25) is 5.91 Å². The molecule has 0 radical (unpaired) electrons. The second-order valence-corrected chi connectivity index (χ2v) is 6.12. The van der Waals surface area contributed by atoms with E-state index >= 15 is 0 Å². The molecule has 0 aromatic carbocycles. The van der Waals surface area contributed by atoms with Crippen molar-refractivity contribution in [1.29, 1.82) is 0 Å². The summed E-state index contributed by atoms with van der Waals surface area (Å²) in [5, 5.41) is 0. The third-order valence-electron chi connectivity index (χ3n) is 4.89. The summed E-state index contributed by atoms with van der Waals surface area (Å²) in [5.74, 6) is 4.12. The predicted molar refractivity (Wildman–Crippen MR) is 59.2 cm³/mol. The smallest absolute Gasteiger partial charge is 0.225 e. The Morgan fingerprint density at radius 2 is 1.53 bits per heavy atom. The molecule has 0 spiro atoms. The minimum atomic E-state index is 0.395. The summed E-state index contributed by atoms with van der Waals surface area (Å²) in [7, 11) is 0. The summed E-state index contributed by atoms with van der Waals surface area (Å²) in [6, 6.07) is 0. The van der Waals surface area contributed by atoms with Crippen LogP contribution in [0.1, 0.15) is 33.1 Å². The second-order valence-electron chi connectivity index (χ2n) is 6.12. The molecular weight excluding hydrogens is 186 g/mol. The number of likely N-dealkylation sites (tertiary alicyclic amines) is 1. The molecule has 1 amide bonds. The molecule has 4 atom stereocenters. The van der Waals surface area contributed by atoms with E-state index in [-0.39, 0.29) is 0 Å². The Kier molecular flexibility index (Phi) is 2.08. The van der Waals surface area contributed by atoms with Gasteiger partial charge in [0.1, 0.15) is 0 Å². The average molecular weight is 207 g/mol. The number of rotatable bonds is 1. The van der Waals surface area contributed by atoms with Crippen molar-refractivity contribution in [3.8, 4) is 0 Å². The van der Waals surface area contributed by atoms with Crippen LogP contribution in [0.25, 0.3) is 0 Å². The molecule has 15 heavy (non-hydrogen) atoms. The lowest BCUT2D eigenvalue weighted by Crippen LogP contribution is -2.34. The molecule has 1 heterocycles. The van der Waals surface area contributed by atoms with E-state index in [0.29, 0.717) is 23.7 Å². The van der Waals surface area contributed by atoms with Gasteiger partial charge in [-0.25, -0.2) is 0 Å². The van der Waals surface area contributed by atoms with E-state index in [1.807, 2.05) is 0 Å². The molecule has 1 saturated heterocycles. The highest BCUT2D eigenvalue weighted by atomic mass is 16.2. The number of hydrogen-bond acceptors (Lipinski definition) is 1. The van der Waals surface area contributed by atoms with Crippen molar-refractivity contribution in [2.24, 2.45) is 29.6 Å². The molecule has 0 bridgehead atoms. The molecule has 2 saturated carbocycles. The first-order chi connectivity index (χ1) is 7.15. The molecule has 2 nitrogen and oxygen atoms in total. The van der Waals surface area contributed by atoms with Gasteiger partial charge >= 0.3 is 0 Å². The largest absolute Gasteiger partial charge is 0.342 e. The lowest BCUT2D eigenvalue weighted by molar-refractivity contribution is -0.134. The normalized spacial score (nSPS) is 48.1. The quantitative estimate of drug-likeness (QED) is 0.645. The van der Waals surface area contributed by atoms with Gasteiger partial charge in [-0.1, -0.05) is 13.8 Å². The van der Waals surface area contributed by atoms with Crippen LogP contribution in [0.2, 0.25) is 0 Å². The number of amides is 1. The summed E-state index contributed by atoms with van der Waals surface area (Å²) >= 11 is 0. The van der Waals surface area contributed by atoms with Crippen molar-refractivity contribution in [2.45, 2.75) is 33.1 Å². The van der Waals surface area contributed by atoms with E-state index in [0.717, 1.165) is 24.9 Å². The minimum absolute atomic E-state index is 0.395. The number of carbonyl (C=O) groups excluding carboxylic acids is 1. The van der Waals surface area contributed by atoms with E-state index in [1.54, 1.807) is 0 Å². The number of hydrogen-bond donors (Lipinski definition) is 0. The molecule has 3 aliphatic rings. The van der Waals surface area contributed by atoms with Crippen molar-refractivity contribution in [3.05, 3.63) is 0 Å². The maximum atomic E-state index is 12.2. The van der Waals surface area contributed by atoms with Crippen LogP contribution in [-0.2, 0) is 4.79 Å². The van der Waals surface area contributed by atoms with E-state index in [9.17, 15) is 4.79 Å². The molecule has 0 N–H and O–H groups in total. The highest BCUT2D eigenvalue weighted by Gasteiger charge is 2.49. The molecule has 2 heteroatoms. The number of fused-ring (bicyclic) bond motifs is 1. The van der Waals surface area contributed by atoms with Crippen molar-refractivity contribution in [2.75, 3.05) is 13.1 Å². The van der Waals surface area contributed by atoms with E-state index < -0.39 is 0 Å². The summed E-state index contributed by atoms with van der Waals surface area (Å²) in [6.07, 6.45) is 3.81.